The molecule has 0 radical (unpaired) electrons. The lowest BCUT2D eigenvalue weighted by atomic mass is 9.90. The summed E-state index contributed by atoms with van der Waals surface area (Å²) >= 11 is 6.70. The van der Waals surface area contributed by atoms with Gasteiger partial charge in [-0.15, -0.1) is 0 Å². The quantitative estimate of drug-likeness (QED) is 0.159. The molecule has 1 atom stereocenters. The first-order valence-electron chi connectivity index (χ1n) is 14.2. The van der Waals surface area contributed by atoms with Gasteiger partial charge in [0.2, 0.25) is 0 Å². The molecular formula is C36H25ClF2N4O3. The Bertz CT molecular complexity index is 1910. The predicted octanol–water partition coefficient (Wildman–Crippen LogP) is 8.27. The van der Waals surface area contributed by atoms with Gasteiger partial charge in [-0.1, -0.05) is 84.4 Å². The van der Waals surface area contributed by atoms with E-state index in [-0.39, 0.29) is 33.8 Å². The molecule has 1 unspecified atom stereocenters. The zero-order valence-electron chi connectivity index (χ0n) is 24.0. The minimum Gasteiger partial charge on any atom is -0.453 e. The molecule has 1 aliphatic heterocycles. The summed E-state index contributed by atoms with van der Waals surface area (Å²) < 4.78 is 34.4. The van der Waals surface area contributed by atoms with Crippen molar-refractivity contribution < 1.29 is 23.1 Å². The van der Waals surface area contributed by atoms with Gasteiger partial charge in [0.1, 0.15) is 22.2 Å². The molecule has 46 heavy (non-hydrogen) atoms. The molecule has 0 spiro atoms. The largest absolute Gasteiger partial charge is 0.453 e. The minimum atomic E-state index is -0.848. The fourth-order valence-corrected chi connectivity index (χ4v) is 5.16. The Balaban J connectivity index is 1.16. The molecule has 228 valence electrons. The van der Waals surface area contributed by atoms with Crippen LogP contribution in [-0.2, 0) is 9.59 Å². The van der Waals surface area contributed by atoms with E-state index in [2.05, 4.69) is 20.6 Å². The number of benzene rings is 4. The number of carbonyl (C=O) groups excluding carboxylic acids is 2. The summed E-state index contributed by atoms with van der Waals surface area (Å²) in [6.07, 6.45) is 4.02. The highest BCUT2D eigenvalue weighted by Gasteiger charge is 2.29. The van der Waals surface area contributed by atoms with Gasteiger partial charge in [-0.05, 0) is 41.0 Å². The molecule has 0 aliphatic carbocycles. The number of rotatable bonds is 9. The number of Topliss-reactive ketones (excluding diaryl/α,β-unsaturated/α-hetero) is 1. The maximum Gasteiger partial charge on any atom is 0.260 e. The zero-order valence-corrected chi connectivity index (χ0v) is 24.8. The number of anilines is 2. The summed E-state index contributed by atoms with van der Waals surface area (Å²) in [5, 5.41) is 6.05. The summed E-state index contributed by atoms with van der Waals surface area (Å²) in [6, 6.07) is 30.1. The van der Waals surface area contributed by atoms with Crippen LogP contribution < -0.4 is 15.4 Å². The van der Waals surface area contributed by atoms with Gasteiger partial charge >= 0.3 is 0 Å². The second-order valence-electron chi connectivity index (χ2n) is 10.3. The van der Waals surface area contributed by atoms with Gasteiger partial charge in [-0.3, -0.25) is 14.6 Å². The number of amides is 1. The lowest BCUT2D eigenvalue weighted by Gasteiger charge is -2.21. The molecule has 1 amide bonds. The monoisotopic (exact) mass is 634 g/mol. The molecular weight excluding hydrogens is 610 g/mol. The maximum absolute atomic E-state index is 15.2. The van der Waals surface area contributed by atoms with Crippen molar-refractivity contribution in [3.05, 3.63) is 161 Å². The van der Waals surface area contributed by atoms with Crippen LogP contribution >= 0.6 is 11.6 Å². The molecule has 5 aromatic rings. The topological polar surface area (TPSA) is 92.7 Å². The number of nitrogens with zero attached hydrogens (tertiary/aromatic N) is 2. The number of nitrogens with one attached hydrogen (secondary N) is 2. The molecule has 4 aromatic carbocycles. The van der Waals surface area contributed by atoms with Gasteiger partial charge in [0, 0.05) is 36.4 Å². The molecule has 2 heterocycles. The van der Waals surface area contributed by atoms with E-state index in [1.54, 1.807) is 0 Å². The smallest absolute Gasteiger partial charge is 0.260 e. The lowest BCUT2D eigenvalue weighted by molar-refractivity contribution is -0.120. The molecule has 0 bridgehead atoms. The van der Waals surface area contributed by atoms with E-state index in [4.69, 9.17) is 16.3 Å². The van der Waals surface area contributed by atoms with E-state index in [0.29, 0.717) is 11.4 Å². The number of hydrogen-bond donors (Lipinski definition) is 2. The first kappa shape index (κ1) is 30.4. The highest BCUT2D eigenvalue weighted by molar-refractivity contribution is 6.34. The third-order valence-electron chi connectivity index (χ3n) is 7.27. The molecule has 1 aromatic heterocycles. The van der Waals surface area contributed by atoms with E-state index in [1.807, 2.05) is 60.7 Å². The van der Waals surface area contributed by atoms with Crippen LogP contribution in [0.5, 0.6) is 11.5 Å². The van der Waals surface area contributed by atoms with E-state index >= 15 is 4.39 Å². The van der Waals surface area contributed by atoms with Crippen LogP contribution in [0.3, 0.4) is 0 Å². The van der Waals surface area contributed by atoms with Crippen molar-refractivity contribution in [3.63, 3.8) is 0 Å². The van der Waals surface area contributed by atoms with Crippen molar-refractivity contribution in [2.24, 2.45) is 4.99 Å². The minimum absolute atomic E-state index is 0.0909. The SMILES string of the molecule is O=C(Nc1ccc(Oc2ccnc(NC(c3ccccc3)c3ccccc3)c2Cl)c(F)c1)C1=CN=CC(c2ccc(F)cc2)C1=O. The van der Waals surface area contributed by atoms with Gasteiger partial charge in [0.25, 0.3) is 5.91 Å². The van der Waals surface area contributed by atoms with Crippen LogP contribution in [0.4, 0.5) is 20.3 Å². The van der Waals surface area contributed by atoms with Crippen molar-refractivity contribution in [2.45, 2.75) is 12.0 Å². The number of halogens is 3. The Morgan fingerprint density at radius 3 is 2.17 bits per heavy atom. The molecule has 0 fully saturated rings. The summed E-state index contributed by atoms with van der Waals surface area (Å²) in [6.45, 7) is 0. The van der Waals surface area contributed by atoms with E-state index in [0.717, 1.165) is 23.4 Å². The van der Waals surface area contributed by atoms with Crippen LogP contribution in [0.15, 0.2) is 132 Å². The van der Waals surface area contributed by atoms with Crippen LogP contribution in [0.25, 0.3) is 0 Å². The molecule has 10 heteroatoms. The number of ketones is 1. The zero-order chi connectivity index (χ0) is 32.0. The lowest BCUT2D eigenvalue weighted by Crippen LogP contribution is -2.27. The second-order valence-corrected chi connectivity index (χ2v) is 10.7. The van der Waals surface area contributed by atoms with Crippen molar-refractivity contribution in [1.29, 1.82) is 0 Å². The highest BCUT2D eigenvalue weighted by atomic mass is 35.5. The fraction of sp³-hybridized carbons (Fsp3) is 0.0556. The average Bonchev–Trinajstić information content (AvgIpc) is 3.07. The average molecular weight is 635 g/mol. The number of ether oxygens (including phenoxy) is 1. The normalized spacial score (nSPS) is 14.1. The first-order chi connectivity index (χ1) is 22.4. The van der Waals surface area contributed by atoms with Crippen molar-refractivity contribution in [3.8, 4) is 11.5 Å². The number of aromatic nitrogens is 1. The summed E-state index contributed by atoms with van der Waals surface area (Å²) in [7, 11) is 0. The third-order valence-corrected chi connectivity index (χ3v) is 7.64. The number of aliphatic imine (C=N–C) groups is 1. The van der Waals surface area contributed by atoms with Crippen molar-refractivity contribution >= 4 is 41.0 Å². The molecule has 7 nitrogen and oxygen atoms in total. The van der Waals surface area contributed by atoms with E-state index < -0.39 is 29.2 Å². The van der Waals surface area contributed by atoms with Gasteiger partial charge < -0.3 is 15.4 Å². The molecule has 6 rings (SSSR count). The Morgan fingerprint density at radius 1 is 0.848 bits per heavy atom. The standard InChI is InChI=1S/C36H25ClF2N4O3/c37-32-31(17-18-41-35(32)43-33(23-7-3-1-4-8-23)24-9-5-2-6-10-24)46-30-16-15-26(19-29(30)39)42-36(45)28-21-40-20-27(34(28)44)22-11-13-25(38)14-12-22/h1-21,27,33H,(H,41,43)(H,42,45). The molecule has 1 aliphatic rings. The second kappa shape index (κ2) is 13.5. The Morgan fingerprint density at radius 2 is 1.52 bits per heavy atom. The predicted molar refractivity (Wildman–Crippen MR) is 173 cm³/mol. The third kappa shape index (κ3) is 6.69. The molecule has 2 N–H and O–H groups in total. The van der Waals surface area contributed by atoms with Crippen LogP contribution in [0.1, 0.15) is 28.7 Å². The van der Waals surface area contributed by atoms with Crippen LogP contribution in [0, 0.1) is 11.6 Å². The van der Waals surface area contributed by atoms with E-state index in [1.165, 1.54) is 54.9 Å². The van der Waals surface area contributed by atoms with Crippen LogP contribution in [-0.4, -0.2) is 22.9 Å². The summed E-state index contributed by atoms with van der Waals surface area (Å²) in [5.74, 6) is -3.00. The van der Waals surface area contributed by atoms with Crippen LogP contribution in [0.2, 0.25) is 5.02 Å². The van der Waals surface area contributed by atoms with Gasteiger partial charge in [-0.2, -0.15) is 0 Å². The maximum atomic E-state index is 15.2. The Kier molecular flexibility index (Phi) is 8.94. The van der Waals surface area contributed by atoms with Gasteiger partial charge in [0.15, 0.2) is 23.1 Å². The Hall–Kier alpha value is -5.67. The van der Waals surface area contributed by atoms with Crippen molar-refractivity contribution in [2.75, 3.05) is 10.6 Å². The van der Waals surface area contributed by atoms with Gasteiger partial charge in [0.05, 0.1) is 12.0 Å². The van der Waals surface area contributed by atoms with Crippen molar-refractivity contribution in [1.82, 2.24) is 4.98 Å². The van der Waals surface area contributed by atoms with Gasteiger partial charge in [-0.25, -0.2) is 13.8 Å². The first-order valence-corrected chi connectivity index (χ1v) is 14.6. The fourth-order valence-electron chi connectivity index (χ4n) is 4.95. The molecule has 0 saturated heterocycles. The summed E-state index contributed by atoms with van der Waals surface area (Å²) in [5.41, 5.74) is 2.35. The molecule has 0 saturated carbocycles. The number of pyridine rings is 1. The Labute approximate surface area is 268 Å². The number of hydrogen-bond acceptors (Lipinski definition) is 6. The van der Waals surface area contributed by atoms with E-state index in [9.17, 15) is 14.0 Å². The highest BCUT2D eigenvalue weighted by Crippen LogP contribution is 2.37. The summed E-state index contributed by atoms with van der Waals surface area (Å²) in [4.78, 5) is 34.4. The number of carbonyl (C=O) groups is 2.